The van der Waals surface area contributed by atoms with Gasteiger partial charge in [0.25, 0.3) is 11.7 Å². The standard InChI is InChI=1S/C19H20N2O2/c1-14-8-10-15(11-9-14)18(22)19(23)20-16-6-2-3-7-17(16)21-12-4-5-13-21/h2-3,6-11H,4-5,12-13H2,1H3,(H,20,23). The second kappa shape index (κ2) is 6.65. The first-order valence-corrected chi connectivity index (χ1v) is 7.91. The molecule has 1 fully saturated rings. The Morgan fingerprint density at radius 1 is 0.957 bits per heavy atom. The number of carbonyl (C=O) groups is 2. The molecule has 0 saturated carbocycles. The SMILES string of the molecule is Cc1ccc(C(=O)C(=O)Nc2ccccc2N2CCCC2)cc1. The lowest BCUT2D eigenvalue weighted by molar-refractivity contribution is -0.112. The first-order valence-electron chi connectivity index (χ1n) is 7.91. The van der Waals surface area contributed by atoms with Crippen molar-refractivity contribution < 1.29 is 9.59 Å². The van der Waals surface area contributed by atoms with Gasteiger partial charge in [-0.25, -0.2) is 0 Å². The number of amides is 1. The molecule has 0 radical (unpaired) electrons. The van der Waals surface area contributed by atoms with Crippen LogP contribution in [0, 0.1) is 6.92 Å². The van der Waals surface area contributed by atoms with E-state index in [1.165, 1.54) is 0 Å². The van der Waals surface area contributed by atoms with Gasteiger partial charge in [-0.15, -0.1) is 0 Å². The first-order chi connectivity index (χ1) is 11.1. The summed E-state index contributed by atoms with van der Waals surface area (Å²) in [4.78, 5) is 26.8. The molecule has 3 rings (SSSR count). The van der Waals surface area contributed by atoms with E-state index in [4.69, 9.17) is 0 Å². The minimum Gasteiger partial charge on any atom is -0.370 e. The van der Waals surface area contributed by atoms with Gasteiger partial charge in [0.15, 0.2) is 0 Å². The third-order valence-corrected chi connectivity index (χ3v) is 4.12. The van der Waals surface area contributed by atoms with Crippen LogP contribution in [0.5, 0.6) is 0 Å². The lowest BCUT2D eigenvalue weighted by Crippen LogP contribution is -2.25. The van der Waals surface area contributed by atoms with Crippen LogP contribution in [-0.2, 0) is 4.79 Å². The summed E-state index contributed by atoms with van der Waals surface area (Å²) in [7, 11) is 0. The molecule has 0 unspecified atom stereocenters. The van der Waals surface area contributed by atoms with Gasteiger partial charge in [0, 0.05) is 18.7 Å². The van der Waals surface area contributed by atoms with Crippen LogP contribution in [0.2, 0.25) is 0 Å². The minimum atomic E-state index is -0.597. The van der Waals surface area contributed by atoms with E-state index in [0.717, 1.165) is 37.2 Å². The largest absolute Gasteiger partial charge is 0.370 e. The maximum Gasteiger partial charge on any atom is 0.296 e. The molecule has 0 aliphatic carbocycles. The molecule has 1 saturated heterocycles. The van der Waals surface area contributed by atoms with Gasteiger partial charge in [0.1, 0.15) is 0 Å². The summed E-state index contributed by atoms with van der Waals surface area (Å²) in [6.45, 7) is 3.91. The number of ketones is 1. The molecule has 1 heterocycles. The number of carbonyl (C=O) groups excluding carboxylic acids is 2. The number of nitrogens with one attached hydrogen (secondary N) is 1. The Labute approximate surface area is 136 Å². The molecule has 0 spiro atoms. The third kappa shape index (κ3) is 3.42. The smallest absolute Gasteiger partial charge is 0.296 e. The molecule has 2 aromatic rings. The summed E-state index contributed by atoms with van der Waals surface area (Å²) >= 11 is 0. The van der Waals surface area contributed by atoms with Crippen LogP contribution in [0.3, 0.4) is 0 Å². The molecule has 1 aliphatic heterocycles. The number of hydrogen-bond acceptors (Lipinski definition) is 3. The molecule has 118 valence electrons. The highest BCUT2D eigenvalue weighted by molar-refractivity contribution is 6.46. The van der Waals surface area contributed by atoms with Crippen molar-refractivity contribution in [3.05, 3.63) is 59.7 Å². The van der Waals surface area contributed by atoms with Crippen LogP contribution >= 0.6 is 0 Å². The van der Waals surface area contributed by atoms with Crippen molar-refractivity contribution in [1.82, 2.24) is 0 Å². The van der Waals surface area contributed by atoms with E-state index < -0.39 is 11.7 Å². The average molecular weight is 308 g/mol. The zero-order chi connectivity index (χ0) is 16.2. The van der Waals surface area contributed by atoms with E-state index in [0.29, 0.717) is 11.3 Å². The Balaban J connectivity index is 1.77. The molecule has 1 N–H and O–H groups in total. The third-order valence-electron chi connectivity index (χ3n) is 4.12. The van der Waals surface area contributed by atoms with Gasteiger partial charge >= 0.3 is 0 Å². The average Bonchev–Trinajstić information content (AvgIpc) is 3.09. The molecule has 4 nitrogen and oxygen atoms in total. The fourth-order valence-corrected chi connectivity index (χ4v) is 2.83. The number of benzene rings is 2. The van der Waals surface area contributed by atoms with E-state index in [2.05, 4.69) is 10.2 Å². The summed E-state index contributed by atoms with van der Waals surface area (Å²) < 4.78 is 0. The predicted octanol–water partition coefficient (Wildman–Crippen LogP) is 3.42. The number of rotatable bonds is 4. The van der Waals surface area contributed by atoms with Crippen LogP contribution in [0.4, 0.5) is 11.4 Å². The Kier molecular flexibility index (Phi) is 4.42. The van der Waals surface area contributed by atoms with Gasteiger partial charge in [-0.1, -0.05) is 42.0 Å². The molecule has 0 aromatic heterocycles. The van der Waals surface area contributed by atoms with Crippen LogP contribution < -0.4 is 10.2 Å². The van der Waals surface area contributed by atoms with Gasteiger partial charge in [-0.2, -0.15) is 0 Å². The molecule has 4 heteroatoms. The molecular weight excluding hydrogens is 288 g/mol. The van der Waals surface area contributed by atoms with Crippen molar-refractivity contribution in [1.29, 1.82) is 0 Å². The van der Waals surface area contributed by atoms with E-state index in [1.807, 2.05) is 43.3 Å². The summed E-state index contributed by atoms with van der Waals surface area (Å²) in [5.74, 6) is -1.11. The van der Waals surface area contributed by atoms with Gasteiger partial charge < -0.3 is 10.2 Å². The number of hydrogen-bond donors (Lipinski definition) is 1. The number of aryl methyl sites for hydroxylation is 1. The molecule has 0 atom stereocenters. The lowest BCUT2D eigenvalue weighted by Gasteiger charge is -2.21. The summed E-state index contributed by atoms with van der Waals surface area (Å²) in [5.41, 5.74) is 3.14. The van der Waals surface area contributed by atoms with Crippen molar-refractivity contribution in [2.45, 2.75) is 19.8 Å². The normalized spacial score (nSPS) is 13.9. The quantitative estimate of drug-likeness (QED) is 0.695. The predicted molar refractivity (Wildman–Crippen MR) is 92.0 cm³/mol. The van der Waals surface area contributed by atoms with Crippen LogP contribution in [0.1, 0.15) is 28.8 Å². The van der Waals surface area contributed by atoms with Crippen molar-refractivity contribution in [3.8, 4) is 0 Å². The minimum absolute atomic E-state index is 0.409. The monoisotopic (exact) mass is 308 g/mol. The Hall–Kier alpha value is -2.62. The highest BCUT2D eigenvalue weighted by atomic mass is 16.2. The maximum absolute atomic E-state index is 12.3. The van der Waals surface area contributed by atoms with Crippen molar-refractivity contribution >= 4 is 23.1 Å². The molecule has 2 aromatic carbocycles. The maximum atomic E-state index is 12.3. The van der Waals surface area contributed by atoms with Gasteiger partial charge in [-0.3, -0.25) is 9.59 Å². The Morgan fingerprint density at radius 3 is 2.30 bits per heavy atom. The topological polar surface area (TPSA) is 49.4 Å². The highest BCUT2D eigenvalue weighted by Gasteiger charge is 2.20. The fraction of sp³-hybridized carbons (Fsp3) is 0.263. The Morgan fingerprint density at radius 2 is 1.61 bits per heavy atom. The fourth-order valence-electron chi connectivity index (χ4n) is 2.83. The van der Waals surface area contributed by atoms with E-state index >= 15 is 0 Å². The summed E-state index contributed by atoms with van der Waals surface area (Å²) in [6, 6.07) is 14.7. The van der Waals surface area contributed by atoms with Crippen molar-refractivity contribution in [3.63, 3.8) is 0 Å². The lowest BCUT2D eigenvalue weighted by atomic mass is 10.1. The first kappa shape index (κ1) is 15.3. The summed E-state index contributed by atoms with van der Waals surface area (Å²) in [5, 5.41) is 2.77. The molecule has 23 heavy (non-hydrogen) atoms. The van der Waals surface area contributed by atoms with Crippen LogP contribution in [-0.4, -0.2) is 24.8 Å². The Bertz CT molecular complexity index is 716. The van der Waals surface area contributed by atoms with Gasteiger partial charge in [0.2, 0.25) is 0 Å². The van der Waals surface area contributed by atoms with Gasteiger partial charge in [0.05, 0.1) is 11.4 Å². The molecule has 1 aliphatic rings. The number of Topliss-reactive ketones (excluding diaryl/α,β-unsaturated/α-hetero) is 1. The van der Waals surface area contributed by atoms with Gasteiger partial charge in [-0.05, 0) is 31.9 Å². The molecular formula is C19H20N2O2. The van der Waals surface area contributed by atoms with Crippen molar-refractivity contribution in [2.75, 3.05) is 23.3 Å². The number of anilines is 2. The highest BCUT2D eigenvalue weighted by Crippen LogP contribution is 2.28. The number of nitrogens with zero attached hydrogens (tertiary/aromatic N) is 1. The zero-order valence-corrected chi connectivity index (χ0v) is 13.2. The van der Waals surface area contributed by atoms with E-state index in [9.17, 15) is 9.59 Å². The zero-order valence-electron chi connectivity index (χ0n) is 13.2. The number of para-hydroxylation sites is 2. The second-order valence-electron chi connectivity index (χ2n) is 5.86. The molecule has 1 amide bonds. The van der Waals surface area contributed by atoms with Crippen LogP contribution in [0.15, 0.2) is 48.5 Å². The van der Waals surface area contributed by atoms with Crippen LogP contribution in [0.25, 0.3) is 0 Å². The van der Waals surface area contributed by atoms with E-state index in [-0.39, 0.29) is 0 Å². The molecule has 0 bridgehead atoms. The second-order valence-corrected chi connectivity index (χ2v) is 5.86. The van der Waals surface area contributed by atoms with Crippen molar-refractivity contribution in [2.24, 2.45) is 0 Å². The van der Waals surface area contributed by atoms with E-state index in [1.54, 1.807) is 12.1 Å². The summed E-state index contributed by atoms with van der Waals surface area (Å²) in [6.07, 6.45) is 2.31.